The number of rotatable bonds is 4. The average Bonchev–Trinajstić information content (AvgIpc) is 2.31. The molecule has 1 rings (SSSR count). The Morgan fingerprint density at radius 3 is 2.67 bits per heavy atom. The van der Waals surface area contributed by atoms with Crippen molar-refractivity contribution in [2.24, 2.45) is 0 Å². The molecular weight excluding hydrogens is 214 g/mol. The van der Waals surface area contributed by atoms with Crippen molar-refractivity contribution >= 4 is 18.9 Å². The third-order valence-corrected chi connectivity index (χ3v) is 2.18. The Morgan fingerprint density at radius 1 is 1.47 bits per heavy atom. The lowest BCUT2D eigenvalue weighted by molar-refractivity contribution is 0.130. The molecule has 0 radical (unpaired) electrons. The van der Waals surface area contributed by atoms with Crippen LogP contribution in [0.3, 0.4) is 0 Å². The van der Waals surface area contributed by atoms with Crippen LogP contribution in [0.4, 0.5) is 4.79 Å². The summed E-state index contributed by atoms with van der Waals surface area (Å²) < 4.78 is 6.86. The van der Waals surface area contributed by atoms with Crippen LogP contribution in [0.5, 0.6) is 0 Å². The highest BCUT2D eigenvalue weighted by Crippen LogP contribution is 2.14. The van der Waals surface area contributed by atoms with Crippen molar-refractivity contribution in [1.82, 2.24) is 4.72 Å². The molecule has 82 valence electrons. The number of carbonyl (C=O) groups is 1. The SMILES string of the molecule is O=C(NS)OC[C@H](CO)c1ccccc1. The molecule has 0 saturated carbocycles. The van der Waals surface area contributed by atoms with Gasteiger partial charge in [0.05, 0.1) is 6.61 Å². The second-order valence-corrected chi connectivity index (χ2v) is 3.22. The van der Waals surface area contributed by atoms with Crippen LogP contribution in [0.15, 0.2) is 30.3 Å². The average molecular weight is 227 g/mol. The number of aliphatic hydroxyl groups excluding tert-OH is 1. The largest absolute Gasteiger partial charge is 0.448 e. The Balaban J connectivity index is 2.53. The topological polar surface area (TPSA) is 58.6 Å². The van der Waals surface area contributed by atoms with Crippen LogP contribution in [0.2, 0.25) is 0 Å². The minimum atomic E-state index is -0.618. The first-order valence-electron chi connectivity index (χ1n) is 4.50. The van der Waals surface area contributed by atoms with Crippen LogP contribution in [0.25, 0.3) is 0 Å². The van der Waals surface area contributed by atoms with Gasteiger partial charge in [-0.3, -0.25) is 4.72 Å². The number of aliphatic hydroxyl groups is 1. The van der Waals surface area contributed by atoms with E-state index in [-0.39, 0.29) is 19.1 Å². The van der Waals surface area contributed by atoms with Crippen molar-refractivity contribution in [3.05, 3.63) is 35.9 Å². The van der Waals surface area contributed by atoms with Gasteiger partial charge < -0.3 is 9.84 Å². The fourth-order valence-corrected chi connectivity index (χ4v) is 1.25. The number of thiol groups is 1. The van der Waals surface area contributed by atoms with Gasteiger partial charge in [-0.15, -0.1) is 0 Å². The van der Waals surface area contributed by atoms with Crippen molar-refractivity contribution in [3.8, 4) is 0 Å². The van der Waals surface area contributed by atoms with E-state index in [1.807, 2.05) is 35.1 Å². The quantitative estimate of drug-likeness (QED) is 0.680. The molecule has 0 aromatic heterocycles. The van der Waals surface area contributed by atoms with Crippen molar-refractivity contribution in [2.45, 2.75) is 5.92 Å². The first-order valence-corrected chi connectivity index (χ1v) is 4.95. The minimum absolute atomic E-state index is 0.0656. The zero-order chi connectivity index (χ0) is 11.1. The summed E-state index contributed by atoms with van der Waals surface area (Å²) in [6.07, 6.45) is -0.618. The van der Waals surface area contributed by atoms with Crippen LogP contribution < -0.4 is 4.72 Å². The molecule has 0 aliphatic heterocycles. The van der Waals surface area contributed by atoms with E-state index in [2.05, 4.69) is 12.8 Å². The van der Waals surface area contributed by atoms with Gasteiger partial charge in [0.1, 0.15) is 6.61 Å². The Hall–Kier alpha value is -1.20. The van der Waals surface area contributed by atoms with Crippen LogP contribution in [0, 0.1) is 0 Å². The maximum atomic E-state index is 10.8. The van der Waals surface area contributed by atoms with Crippen LogP contribution >= 0.6 is 12.8 Å². The van der Waals surface area contributed by atoms with E-state index >= 15 is 0 Å². The predicted molar refractivity (Wildman–Crippen MR) is 59.7 cm³/mol. The molecule has 1 atom stereocenters. The number of hydrogen-bond donors (Lipinski definition) is 3. The fourth-order valence-electron chi connectivity index (χ4n) is 1.19. The third kappa shape index (κ3) is 3.81. The molecule has 2 N–H and O–H groups in total. The highest BCUT2D eigenvalue weighted by Gasteiger charge is 2.12. The summed E-state index contributed by atoms with van der Waals surface area (Å²) in [5.41, 5.74) is 0.937. The second-order valence-electron chi connectivity index (χ2n) is 3.00. The monoisotopic (exact) mass is 227 g/mol. The summed E-state index contributed by atoms with van der Waals surface area (Å²) in [5, 5.41) is 9.13. The lowest BCUT2D eigenvalue weighted by Crippen LogP contribution is -2.20. The van der Waals surface area contributed by atoms with Crippen molar-refractivity contribution in [2.75, 3.05) is 13.2 Å². The number of nitrogens with one attached hydrogen (secondary N) is 1. The van der Waals surface area contributed by atoms with E-state index in [4.69, 9.17) is 9.84 Å². The summed E-state index contributed by atoms with van der Waals surface area (Å²) >= 11 is 3.55. The third-order valence-electron chi connectivity index (χ3n) is 2.00. The van der Waals surface area contributed by atoms with Gasteiger partial charge >= 0.3 is 6.09 Å². The zero-order valence-corrected chi connectivity index (χ0v) is 8.98. The molecule has 5 heteroatoms. The van der Waals surface area contributed by atoms with Crippen LogP contribution in [0.1, 0.15) is 11.5 Å². The lowest BCUT2D eigenvalue weighted by Gasteiger charge is -2.14. The van der Waals surface area contributed by atoms with E-state index < -0.39 is 6.09 Å². The molecule has 0 aliphatic rings. The molecule has 0 fully saturated rings. The van der Waals surface area contributed by atoms with E-state index in [1.165, 1.54) is 0 Å². The van der Waals surface area contributed by atoms with Crippen molar-refractivity contribution in [3.63, 3.8) is 0 Å². The highest BCUT2D eigenvalue weighted by atomic mass is 32.1. The molecule has 4 nitrogen and oxygen atoms in total. The number of carbonyl (C=O) groups excluding carboxylic acids is 1. The number of amides is 1. The molecule has 1 amide bonds. The Labute approximate surface area is 93.8 Å². The first-order chi connectivity index (χ1) is 7.27. The summed E-state index contributed by atoms with van der Waals surface area (Å²) in [4.78, 5) is 10.8. The summed E-state index contributed by atoms with van der Waals surface area (Å²) in [5.74, 6) is -0.197. The van der Waals surface area contributed by atoms with Gasteiger partial charge in [0, 0.05) is 5.92 Å². The fraction of sp³-hybridized carbons (Fsp3) is 0.300. The van der Waals surface area contributed by atoms with Gasteiger partial charge in [-0.25, -0.2) is 4.79 Å². The minimum Gasteiger partial charge on any atom is -0.448 e. The molecule has 0 saturated heterocycles. The summed E-state index contributed by atoms with van der Waals surface area (Å²) in [6.45, 7) is 0.0662. The Bertz CT molecular complexity index is 305. The van der Waals surface area contributed by atoms with E-state index in [1.54, 1.807) is 0 Å². The molecule has 0 heterocycles. The molecule has 0 unspecified atom stereocenters. The smallest absolute Gasteiger partial charge is 0.417 e. The van der Waals surface area contributed by atoms with E-state index in [0.29, 0.717) is 0 Å². The second kappa shape index (κ2) is 6.31. The highest BCUT2D eigenvalue weighted by molar-refractivity contribution is 7.78. The van der Waals surface area contributed by atoms with Crippen LogP contribution in [-0.2, 0) is 4.74 Å². The maximum absolute atomic E-state index is 10.8. The Morgan fingerprint density at radius 2 is 2.13 bits per heavy atom. The number of hydrogen-bond acceptors (Lipinski definition) is 4. The molecule has 15 heavy (non-hydrogen) atoms. The van der Waals surface area contributed by atoms with Crippen molar-refractivity contribution in [1.29, 1.82) is 0 Å². The van der Waals surface area contributed by atoms with Crippen molar-refractivity contribution < 1.29 is 14.6 Å². The molecular formula is C10H13NO3S. The lowest BCUT2D eigenvalue weighted by atomic mass is 10.0. The van der Waals surface area contributed by atoms with Gasteiger partial charge in [-0.05, 0) is 5.56 Å². The van der Waals surface area contributed by atoms with Gasteiger partial charge in [-0.2, -0.15) is 0 Å². The molecule has 0 spiro atoms. The number of benzene rings is 1. The predicted octanol–water partition coefficient (Wildman–Crippen LogP) is 1.33. The number of ether oxygens (including phenoxy) is 1. The molecule has 0 aliphatic carbocycles. The summed E-state index contributed by atoms with van der Waals surface area (Å²) in [7, 11) is 0. The molecule has 1 aromatic carbocycles. The molecule has 0 bridgehead atoms. The van der Waals surface area contributed by atoms with Gasteiger partial charge in [0.25, 0.3) is 0 Å². The normalized spacial score (nSPS) is 11.9. The Kier molecular flexibility index (Phi) is 5.00. The van der Waals surface area contributed by atoms with Gasteiger partial charge in [-0.1, -0.05) is 43.1 Å². The maximum Gasteiger partial charge on any atom is 0.417 e. The van der Waals surface area contributed by atoms with E-state index in [0.717, 1.165) is 5.56 Å². The van der Waals surface area contributed by atoms with Gasteiger partial charge in [0.2, 0.25) is 0 Å². The van der Waals surface area contributed by atoms with Crippen LogP contribution in [-0.4, -0.2) is 24.4 Å². The van der Waals surface area contributed by atoms with Gasteiger partial charge in [0.15, 0.2) is 0 Å². The van der Waals surface area contributed by atoms with E-state index in [9.17, 15) is 4.79 Å². The molecule has 1 aromatic rings. The standard InChI is InChI=1S/C10H13NO3S/c12-6-9(7-14-10(13)11-15)8-4-2-1-3-5-8/h1-5,9,12,15H,6-7H2,(H,11,13)/t9-/m0/s1. The zero-order valence-electron chi connectivity index (χ0n) is 8.09. The first kappa shape index (κ1) is 11.9. The summed E-state index contributed by atoms with van der Waals surface area (Å²) in [6, 6.07) is 9.39.